The van der Waals surface area contributed by atoms with Crippen LogP contribution in [0.3, 0.4) is 0 Å². The van der Waals surface area contributed by atoms with Crippen molar-refractivity contribution in [3.63, 3.8) is 0 Å². The number of thioether (sulfide) groups is 1. The number of nitrogens with zero attached hydrogens (tertiary/aromatic N) is 1. The molecule has 34 heavy (non-hydrogen) atoms. The van der Waals surface area contributed by atoms with Gasteiger partial charge >= 0.3 is 5.97 Å². The standard InChI is InChI=1S/C23H21Cl2NO7S/c1-3-31-20(27)13-33-21-15(24)10-14(11-16(21)25)12-19-22(28)26(23(29)34-19)8-9-32-18-7-5-4-6-17(18)30-2/h4-7,10-12H,3,8-9,13H2,1-2H3/b19-12-. The van der Waals surface area contributed by atoms with E-state index < -0.39 is 17.1 Å². The number of ether oxygens (including phenoxy) is 4. The van der Waals surface area contributed by atoms with Crippen molar-refractivity contribution in [2.75, 3.05) is 33.5 Å². The minimum Gasteiger partial charge on any atom is -0.493 e. The van der Waals surface area contributed by atoms with E-state index in [1.165, 1.54) is 25.3 Å². The lowest BCUT2D eigenvalue weighted by molar-refractivity contribution is -0.145. The molecule has 2 amide bonds. The van der Waals surface area contributed by atoms with Crippen LogP contribution < -0.4 is 14.2 Å². The predicted octanol–water partition coefficient (Wildman–Crippen LogP) is 5.06. The molecule has 1 fully saturated rings. The summed E-state index contributed by atoms with van der Waals surface area (Å²) in [6.45, 7) is 1.74. The number of para-hydroxylation sites is 2. The van der Waals surface area contributed by atoms with Crippen LogP contribution in [0.2, 0.25) is 10.0 Å². The Bertz CT molecular complexity index is 1100. The highest BCUT2D eigenvalue weighted by Gasteiger charge is 2.35. The van der Waals surface area contributed by atoms with Crippen LogP contribution >= 0.6 is 35.0 Å². The number of rotatable bonds is 10. The molecule has 180 valence electrons. The van der Waals surface area contributed by atoms with Gasteiger partial charge in [-0.2, -0.15) is 0 Å². The molecule has 3 rings (SSSR count). The topological polar surface area (TPSA) is 91.4 Å². The SMILES string of the molecule is CCOC(=O)COc1c(Cl)cc(/C=C2\SC(=O)N(CCOc3ccccc3OC)C2=O)cc1Cl. The average Bonchev–Trinajstić information content (AvgIpc) is 3.06. The zero-order valence-electron chi connectivity index (χ0n) is 18.3. The number of hydrogen-bond donors (Lipinski definition) is 0. The van der Waals surface area contributed by atoms with Crippen molar-refractivity contribution in [3.8, 4) is 17.2 Å². The largest absolute Gasteiger partial charge is 0.493 e. The second-order valence-electron chi connectivity index (χ2n) is 6.74. The van der Waals surface area contributed by atoms with E-state index in [-0.39, 0.29) is 47.1 Å². The molecule has 0 atom stereocenters. The second-order valence-corrected chi connectivity index (χ2v) is 8.55. The van der Waals surface area contributed by atoms with Crippen LogP contribution in [-0.4, -0.2) is 55.5 Å². The third-order valence-electron chi connectivity index (χ3n) is 4.47. The smallest absolute Gasteiger partial charge is 0.344 e. The number of halogens is 2. The van der Waals surface area contributed by atoms with Crippen molar-refractivity contribution in [3.05, 3.63) is 56.9 Å². The number of amides is 2. The van der Waals surface area contributed by atoms with Gasteiger partial charge in [-0.3, -0.25) is 14.5 Å². The van der Waals surface area contributed by atoms with Crippen molar-refractivity contribution in [2.24, 2.45) is 0 Å². The number of carbonyl (C=O) groups is 3. The Morgan fingerprint density at radius 3 is 2.41 bits per heavy atom. The molecule has 11 heteroatoms. The van der Waals surface area contributed by atoms with Crippen LogP contribution in [0.4, 0.5) is 4.79 Å². The fourth-order valence-electron chi connectivity index (χ4n) is 2.96. The van der Waals surface area contributed by atoms with Gasteiger partial charge in [-0.05, 0) is 54.6 Å². The summed E-state index contributed by atoms with van der Waals surface area (Å²) in [7, 11) is 1.53. The van der Waals surface area contributed by atoms with Crippen molar-refractivity contribution in [1.29, 1.82) is 0 Å². The predicted molar refractivity (Wildman–Crippen MR) is 130 cm³/mol. The fourth-order valence-corrected chi connectivity index (χ4v) is 4.44. The lowest BCUT2D eigenvalue weighted by atomic mass is 10.2. The molecule has 0 saturated carbocycles. The van der Waals surface area contributed by atoms with Gasteiger partial charge in [-0.15, -0.1) is 0 Å². The van der Waals surface area contributed by atoms with E-state index in [4.69, 9.17) is 42.1 Å². The monoisotopic (exact) mass is 525 g/mol. The summed E-state index contributed by atoms with van der Waals surface area (Å²) in [4.78, 5) is 37.9. The Hall–Kier alpha value is -2.88. The normalized spacial score (nSPS) is 14.5. The third kappa shape index (κ3) is 6.37. The second kappa shape index (κ2) is 12.0. The van der Waals surface area contributed by atoms with Gasteiger partial charge in [0.1, 0.15) is 6.61 Å². The summed E-state index contributed by atoms with van der Waals surface area (Å²) in [5.41, 5.74) is 0.495. The highest BCUT2D eigenvalue weighted by molar-refractivity contribution is 8.18. The molecule has 8 nitrogen and oxygen atoms in total. The minimum absolute atomic E-state index is 0.0716. The molecule has 0 N–H and O–H groups in total. The van der Waals surface area contributed by atoms with Crippen LogP contribution in [0.25, 0.3) is 6.08 Å². The molecule has 2 aromatic rings. The summed E-state index contributed by atoms with van der Waals surface area (Å²) in [6.07, 6.45) is 1.51. The quantitative estimate of drug-likeness (QED) is 0.314. The van der Waals surface area contributed by atoms with Crippen molar-refractivity contribution >= 4 is 58.2 Å². The van der Waals surface area contributed by atoms with E-state index in [0.717, 1.165) is 16.7 Å². The van der Waals surface area contributed by atoms with E-state index in [9.17, 15) is 14.4 Å². The van der Waals surface area contributed by atoms with Crippen LogP contribution in [0.15, 0.2) is 41.3 Å². The lowest BCUT2D eigenvalue weighted by Crippen LogP contribution is -2.32. The number of methoxy groups -OCH3 is 1. The Morgan fingerprint density at radius 1 is 1.09 bits per heavy atom. The maximum atomic E-state index is 12.8. The number of hydrogen-bond acceptors (Lipinski definition) is 8. The molecular weight excluding hydrogens is 505 g/mol. The molecule has 0 spiro atoms. The molecule has 1 heterocycles. The van der Waals surface area contributed by atoms with Gasteiger partial charge < -0.3 is 18.9 Å². The lowest BCUT2D eigenvalue weighted by Gasteiger charge is -2.14. The molecule has 1 aliphatic rings. The van der Waals surface area contributed by atoms with Gasteiger partial charge in [0.25, 0.3) is 11.1 Å². The summed E-state index contributed by atoms with van der Waals surface area (Å²) < 4.78 is 21.0. The summed E-state index contributed by atoms with van der Waals surface area (Å²) in [5, 5.41) is -0.119. The van der Waals surface area contributed by atoms with Gasteiger partial charge in [0, 0.05) is 0 Å². The number of carbonyl (C=O) groups excluding carboxylic acids is 3. The molecule has 0 radical (unpaired) electrons. The first kappa shape index (κ1) is 25.7. The van der Waals surface area contributed by atoms with Crippen LogP contribution in [0.5, 0.6) is 17.2 Å². The van der Waals surface area contributed by atoms with Gasteiger partial charge in [0.15, 0.2) is 23.9 Å². The van der Waals surface area contributed by atoms with Crippen molar-refractivity contribution < 1.29 is 33.3 Å². The molecular formula is C23H21Cl2NO7S. The van der Waals surface area contributed by atoms with E-state index in [1.54, 1.807) is 25.1 Å². The molecule has 0 aliphatic carbocycles. The van der Waals surface area contributed by atoms with Crippen LogP contribution in [-0.2, 0) is 14.3 Å². The average molecular weight is 526 g/mol. The van der Waals surface area contributed by atoms with E-state index in [2.05, 4.69) is 0 Å². The maximum Gasteiger partial charge on any atom is 0.344 e. The Morgan fingerprint density at radius 2 is 1.76 bits per heavy atom. The molecule has 0 bridgehead atoms. The maximum absolute atomic E-state index is 12.8. The summed E-state index contributed by atoms with van der Waals surface area (Å²) in [5.74, 6) is 0.188. The summed E-state index contributed by atoms with van der Waals surface area (Å²) >= 11 is 13.3. The molecule has 1 aliphatic heterocycles. The van der Waals surface area contributed by atoms with E-state index >= 15 is 0 Å². The Kier molecular flexibility index (Phi) is 9.09. The first-order valence-corrected chi connectivity index (χ1v) is 11.7. The zero-order chi connectivity index (χ0) is 24.7. The first-order chi connectivity index (χ1) is 16.3. The summed E-state index contributed by atoms with van der Waals surface area (Å²) in [6, 6.07) is 10.1. The minimum atomic E-state index is -0.554. The van der Waals surface area contributed by atoms with Crippen molar-refractivity contribution in [2.45, 2.75) is 6.92 Å². The van der Waals surface area contributed by atoms with Gasteiger partial charge in [-0.1, -0.05) is 35.3 Å². The van der Waals surface area contributed by atoms with E-state index in [0.29, 0.717) is 17.1 Å². The van der Waals surface area contributed by atoms with Crippen LogP contribution in [0.1, 0.15) is 12.5 Å². The highest BCUT2D eigenvalue weighted by atomic mass is 35.5. The van der Waals surface area contributed by atoms with Gasteiger partial charge in [0.05, 0.1) is 35.2 Å². The number of esters is 1. The molecule has 2 aromatic carbocycles. The Labute approximate surface area is 210 Å². The van der Waals surface area contributed by atoms with Gasteiger partial charge in [0.2, 0.25) is 0 Å². The van der Waals surface area contributed by atoms with Gasteiger partial charge in [-0.25, -0.2) is 4.79 Å². The number of benzene rings is 2. The van der Waals surface area contributed by atoms with Crippen molar-refractivity contribution in [1.82, 2.24) is 4.90 Å². The first-order valence-electron chi connectivity index (χ1n) is 10.1. The number of imide groups is 1. The van der Waals surface area contributed by atoms with Crippen LogP contribution in [0, 0.1) is 0 Å². The third-order valence-corrected chi connectivity index (χ3v) is 5.94. The Balaban J connectivity index is 1.65. The van der Waals surface area contributed by atoms with E-state index in [1.807, 2.05) is 6.07 Å². The highest BCUT2D eigenvalue weighted by Crippen LogP contribution is 2.37. The molecule has 0 aromatic heterocycles. The zero-order valence-corrected chi connectivity index (χ0v) is 20.7. The molecule has 0 unspecified atom stereocenters. The molecule has 1 saturated heterocycles. The fraction of sp³-hybridized carbons (Fsp3) is 0.261.